The molecule has 2 fully saturated rings. The van der Waals surface area contributed by atoms with Crippen LogP contribution in [0.5, 0.6) is 0 Å². The van der Waals surface area contributed by atoms with Crippen LogP contribution < -0.4 is 5.32 Å². The van der Waals surface area contributed by atoms with Crippen LogP contribution in [0.4, 0.5) is 4.79 Å². The predicted molar refractivity (Wildman–Crippen MR) is 114 cm³/mol. The van der Waals surface area contributed by atoms with Gasteiger partial charge in [0.05, 0.1) is 11.3 Å². The summed E-state index contributed by atoms with van der Waals surface area (Å²) < 4.78 is 5.22. The molecule has 0 spiro atoms. The lowest BCUT2D eigenvalue weighted by molar-refractivity contribution is -0.271. The van der Waals surface area contributed by atoms with Crippen molar-refractivity contribution in [3.63, 3.8) is 0 Å². The molecule has 7 heteroatoms. The average molecular weight is 432 g/mol. The van der Waals surface area contributed by atoms with Gasteiger partial charge in [0.25, 0.3) is 0 Å². The minimum Gasteiger partial charge on any atom is -0.445 e. The van der Waals surface area contributed by atoms with Gasteiger partial charge in [0.1, 0.15) is 6.61 Å². The highest BCUT2D eigenvalue weighted by Crippen LogP contribution is 2.40. The largest absolute Gasteiger partial charge is 0.445 e. The van der Waals surface area contributed by atoms with E-state index in [1.165, 1.54) is 0 Å². The van der Waals surface area contributed by atoms with E-state index in [2.05, 4.69) is 5.32 Å². The first-order chi connectivity index (χ1) is 15.1. The predicted octanol–water partition coefficient (Wildman–Crippen LogP) is 4.84. The van der Waals surface area contributed by atoms with Gasteiger partial charge >= 0.3 is 18.0 Å². The maximum absolute atomic E-state index is 12.9. The monoisotopic (exact) mass is 431 g/mol. The molecule has 1 aromatic rings. The maximum atomic E-state index is 12.9. The molecule has 31 heavy (non-hydrogen) atoms. The zero-order chi connectivity index (χ0) is 21.9. The van der Waals surface area contributed by atoms with Crippen molar-refractivity contribution in [3.8, 4) is 0 Å². The van der Waals surface area contributed by atoms with E-state index < -0.39 is 23.4 Å². The molecule has 1 aromatic carbocycles. The van der Waals surface area contributed by atoms with E-state index in [1.807, 2.05) is 30.3 Å². The van der Waals surface area contributed by atoms with Gasteiger partial charge in [-0.15, -0.1) is 0 Å². The van der Waals surface area contributed by atoms with Gasteiger partial charge in [0.2, 0.25) is 0 Å². The highest BCUT2D eigenvalue weighted by Gasteiger charge is 2.42. The second-order valence-corrected chi connectivity index (χ2v) is 8.69. The average Bonchev–Trinajstić information content (AvgIpc) is 2.82. The number of hydrogen-bond acceptors (Lipinski definition) is 6. The number of nitrogens with one attached hydrogen (secondary N) is 1. The molecule has 0 heterocycles. The standard InChI is InChI=1S/C24H33NO6/c26-21(20-12-6-2-7-13-20)30-31-22(27)24(14-8-3-9-15-24)16-17-25-23(28)29-18-19-10-4-1-5-11-19/h1,4-5,10-11,20H,2-3,6-9,12-18H2,(H,25,28). The van der Waals surface area contributed by atoms with Crippen molar-refractivity contribution < 1.29 is 28.9 Å². The van der Waals surface area contributed by atoms with Gasteiger partial charge in [-0.1, -0.05) is 68.9 Å². The molecule has 0 bridgehead atoms. The van der Waals surface area contributed by atoms with Crippen LogP contribution in [0.25, 0.3) is 0 Å². The molecule has 1 amide bonds. The van der Waals surface area contributed by atoms with Gasteiger partial charge in [-0.05, 0) is 37.7 Å². The molecule has 0 aromatic heterocycles. The molecular weight excluding hydrogens is 398 g/mol. The number of rotatable bonds is 7. The number of alkyl carbamates (subject to hydrolysis) is 1. The van der Waals surface area contributed by atoms with E-state index >= 15 is 0 Å². The third-order valence-corrected chi connectivity index (χ3v) is 6.47. The van der Waals surface area contributed by atoms with Gasteiger partial charge in [0, 0.05) is 6.54 Å². The molecule has 2 aliphatic carbocycles. The molecule has 0 radical (unpaired) electrons. The highest BCUT2D eigenvalue weighted by atomic mass is 17.2. The van der Waals surface area contributed by atoms with E-state index in [1.54, 1.807) is 0 Å². The van der Waals surface area contributed by atoms with Gasteiger partial charge < -0.3 is 10.1 Å². The summed E-state index contributed by atoms with van der Waals surface area (Å²) >= 11 is 0. The Morgan fingerprint density at radius 3 is 2.29 bits per heavy atom. The Morgan fingerprint density at radius 2 is 1.58 bits per heavy atom. The minimum atomic E-state index is -0.738. The van der Waals surface area contributed by atoms with E-state index in [4.69, 9.17) is 14.5 Å². The van der Waals surface area contributed by atoms with Crippen LogP contribution >= 0.6 is 0 Å². The van der Waals surface area contributed by atoms with Crippen molar-refractivity contribution in [2.24, 2.45) is 11.3 Å². The second kappa shape index (κ2) is 11.7. The number of benzene rings is 1. The molecule has 0 aliphatic heterocycles. The highest BCUT2D eigenvalue weighted by molar-refractivity contribution is 5.78. The van der Waals surface area contributed by atoms with E-state index in [0.29, 0.717) is 25.8 Å². The van der Waals surface area contributed by atoms with Crippen LogP contribution in [0.2, 0.25) is 0 Å². The van der Waals surface area contributed by atoms with Crippen molar-refractivity contribution in [1.82, 2.24) is 5.32 Å². The Morgan fingerprint density at radius 1 is 0.903 bits per heavy atom. The van der Waals surface area contributed by atoms with E-state index in [9.17, 15) is 14.4 Å². The third kappa shape index (κ3) is 6.97. The SMILES string of the molecule is O=C(NCCC1(C(=O)OOC(=O)C2CCCCC2)CCCCC1)OCc1ccccc1. The van der Waals surface area contributed by atoms with Crippen LogP contribution in [0.15, 0.2) is 30.3 Å². The number of carbonyl (C=O) groups is 3. The molecule has 2 saturated carbocycles. The van der Waals surface area contributed by atoms with Gasteiger partial charge in [-0.25, -0.2) is 24.2 Å². The summed E-state index contributed by atoms with van der Waals surface area (Å²) in [5.74, 6) is -1.12. The van der Waals surface area contributed by atoms with Crippen molar-refractivity contribution >= 4 is 18.0 Å². The Labute approximate surface area is 183 Å². The number of carbonyl (C=O) groups excluding carboxylic acids is 3. The number of hydrogen-bond donors (Lipinski definition) is 1. The molecule has 7 nitrogen and oxygen atoms in total. The molecule has 0 atom stereocenters. The summed E-state index contributed by atoms with van der Waals surface area (Å²) in [7, 11) is 0. The minimum absolute atomic E-state index is 0.176. The Balaban J connectivity index is 1.44. The van der Waals surface area contributed by atoms with Gasteiger partial charge in [-0.3, -0.25) is 0 Å². The van der Waals surface area contributed by atoms with Crippen LogP contribution in [0.1, 0.15) is 76.2 Å². The zero-order valence-corrected chi connectivity index (χ0v) is 18.1. The molecular formula is C24H33NO6. The first-order valence-electron chi connectivity index (χ1n) is 11.5. The van der Waals surface area contributed by atoms with E-state index in [0.717, 1.165) is 56.9 Å². The van der Waals surface area contributed by atoms with Crippen molar-refractivity contribution in [2.75, 3.05) is 6.54 Å². The van der Waals surface area contributed by atoms with Crippen LogP contribution in [-0.2, 0) is 30.7 Å². The van der Waals surface area contributed by atoms with Crippen LogP contribution in [0.3, 0.4) is 0 Å². The third-order valence-electron chi connectivity index (χ3n) is 6.47. The lowest BCUT2D eigenvalue weighted by Gasteiger charge is -2.34. The maximum Gasteiger partial charge on any atom is 0.407 e. The topological polar surface area (TPSA) is 90.9 Å². The second-order valence-electron chi connectivity index (χ2n) is 8.69. The fraction of sp³-hybridized carbons (Fsp3) is 0.625. The Kier molecular flexibility index (Phi) is 8.74. The first-order valence-corrected chi connectivity index (χ1v) is 11.5. The fourth-order valence-electron chi connectivity index (χ4n) is 4.54. The van der Waals surface area contributed by atoms with Crippen molar-refractivity contribution in [2.45, 2.75) is 77.2 Å². The van der Waals surface area contributed by atoms with Crippen molar-refractivity contribution in [1.29, 1.82) is 0 Å². The molecule has 3 rings (SSSR count). The summed E-state index contributed by atoms with van der Waals surface area (Å²) in [4.78, 5) is 47.0. The molecule has 170 valence electrons. The lowest BCUT2D eigenvalue weighted by Crippen LogP contribution is -2.39. The fourth-order valence-corrected chi connectivity index (χ4v) is 4.54. The molecule has 1 N–H and O–H groups in total. The molecule has 2 aliphatic rings. The summed E-state index contributed by atoms with van der Waals surface area (Å²) in [5.41, 5.74) is 0.169. The van der Waals surface area contributed by atoms with Crippen LogP contribution in [0, 0.1) is 11.3 Å². The van der Waals surface area contributed by atoms with Gasteiger partial charge in [0.15, 0.2) is 0 Å². The quantitative estimate of drug-likeness (QED) is 0.491. The summed E-state index contributed by atoms with van der Waals surface area (Å²) in [6.45, 7) is 0.482. The zero-order valence-electron chi connectivity index (χ0n) is 18.1. The molecule has 0 saturated heterocycles. The number of ether oxygens (including phenoxy) is 1. The summed E-state index contributed by atoms with van der Waals surface area (Å²) in [6.07, 6.45) is 8.81. The summed E-state index contributed by atoms with van der Waals surface area (Å²) in [6, 6.07) is 9.44. The first kappa shape index (κ1) is 23.1. The van der Waals surface area contributed by atoms with Crippen molar-refractivity contribution in [3.05, 3.63) is 35.9 Å². The summed E-state index contributed by atoms with van der Waals surface area (Å²) in [5, 5.41) is 2.72. The Hall–Kier alpha value is -2.57. The normalized spacial score (nSPS) is 18.6. The van der Waals surface area contributed by atoms with E-state index in [-0.39, 0.29) is 12.5 Å². The van der Waals surface area contributed by atoms with Gasteiger partial charge in [-0.2, -0.15) is 0 Å². The smallest absolute Gasteiger partial charge is 0.407 e. The number of amides is 1. The lowest BCUT2D eigenvalue weighted by atomic mass is 9.72. The molecule has 0 unspecified atom stereocenters. The Bertz CT molecular complexity index is 723. The van der Waals surface area contributed by atoms with Crippen LogP contribution in [-0.4, -0.2) is 24.6 Å².